The maximum Gasteiger partial charge on any atom is 0.156 e. The highest BCUT2D eigenvalue weighted by Crippen LogP contribution is 2.46. The molecule has 0 amide bonds. The Balaban J connectivity index is 1.79. The van der Waals surface area contributed by atoms with Crippen molar-refractivity contribution in [3.63, 3.8) is 0 Å². The molecule has 1 aromatic rings. The van der Waals surface area contributed by atoms with E-state index in [-0.39, 0.29) is 0 Å². The summed E-state index contributed by atoms with van der Waals surface area (Å²) in [5.74, 6) is 3.05. The second-order valence-corrected chi connectivity index (χ2v) is 7.14. The van der Waals surface area contributed by atoms with Crippen molar-refractivity contribution < 1.29 is 4.74 Å². The van der Waals surface area contributed by atoms with Gasteiger partial charge < -0.3 is 10.1 Å². The number of benzene rings is 1. The van der Waals surface area contributed by atoms with Gasteiger partial charge in [-0.2, -0.15) is 0 Å². The van der Waals surface area contributed by atoms with Crippen molar-refractivity contribution >= 4 is 33.2 Å². The van der Waals surface area contributed by atoms with Crippen LogP contribution in [-0.4, -0.2) is 13.2 Å². The van der Waals surface area contributed by atoms with Gasteiger partial charge in [-0.05, 0) is 65.6 Å². The third kappa shape index (κ3) is 2.58. The highest BCUT2D eigenvalue weighted by molar-refractivity contribution is 9.10. The van der Waals surface area contributed by atoms with Gasteiger partial charge in [-0.15, -0.1) is 0 Å². The third-order valence-electron chi connectivity index (χ3n) is 4.57. The molecule has 4 unspecified atom stereocenters. The molecule has 108 valence electrons. The lowest BCUT2D eigenvalue weighted by Crippen LogP contribution is -2.29. The summed E-state index contributed by atoms with van der Waals surface area (Å²) in [5.41, 5.74) is 0.964. The van der Waals surface area contributed by atoms with E-state index in [1.165, 1.54) is 12.8 Å². The van der Waals surface area contributed by atoms with E-state index >= 15 is 0 Å². The summed E-state index contributed by atoms with van der Waals surface area (Å²) in [5, 5.41) is 4.31. The standard InChI is InChI=1S/C16H19BrClNO/c1-9(13-6-10-3-4-11(13)5-10)19-15-8-12(18)7-14(17)16(15)20-2/h3-4,7-11,13,19H,5-6H2,1-2H3. The number of hydrogen-bond donors (Lipinski definition) is 1. The minimum atomic E-state index is 0.411. The molecule has 2 nitrogen and oxygen atoms in total. The fourth-order valence-electron chi connectivity index (χ4n) is 3.63. The van der Waals surface area contributed by atoms with Gasteiger partial charge in [0, 0.05) is 11.1 Å². The van der Waals surface area contributed by atoms with Gasteiger partial charge in [0.2, 0.25) is 0 Å². The van der Waals surface area contributed by atoms with Crippen LogP contribution in [0.4, 0.5) is 5.69 Å². The molecule has 1 saturated carbocycles. The smallest absolute Gasteiger partial charge is 0.156 e. The lowest BCUT2D eigenvalue weighted by atomic mass is 9.87. The topological polar surface area (TPSA) is 21.3 Å². The van der Waals surface area contributed by atoms with E-state index in [2.05, 4.69) is 40.3 Å². The first-order chi connectivity index (χ1) is 9.58. The molecule has 0 spiro atoms. The Morgan fingerprint density at radius 2 is 2.15 bits per heavy atom. The molecule has 0 aromatic heterocycles. The van der Waals surface area contributed by atoms with Crippen LogP contribution in [0.1, 0.15) is 19.8 Å². The van der Waals surface area contributed by atoms with E-state index in [9.17, 15) is 0 Å². The molecule has 0 radical (unpaired) electrons. The molecule has 4 atom stereocenters. The first-order valence-corrected chi connectivity index (χ1v) is 8.23. The van der Waals surface area contributed by atoms with Gasteiger partial charge in [-0.1, -0.05) is 23.8 Å². The summed E-state index contributed by atoms with van der Waals surface area (Å²) >= 11 is 9.65. The normalized spacial score (nSPS) is 28.7. The highest BCUT2D eigenvalue weighted by Gasteiger charge is 2.38. The van der Waals surface area contributed by atoms with E-state index in [1.807, 2.05) is 12.1 Å². The lowest BCUT2D eigenvalue weighted by molar-refractivity contribution is 0.392. The van der Waals surface area contributed by atoms with Crippen LogP contribution in [0.5, 0.6) is 5.75 Å². The van der Waals surface area contributed by atoms with Gasteiger partial charge in [0.05, 0.1) is 17.3 Å². The Morgan fingerprint density at radius 1 is 1.35 bits per heavy atom. The summed E-state index contributed by atoms with van der Waals surface area (Å²) in [7, 11) is 1.68. The number of nitrogens with one attached hydrogen (secondary N) is 1. The zero-order valence-electron chi connectivity index (χ0n) is 11.7. The maximum absolute atomic E-state index is 6.15. The molecule has 2 aliphatic rings. The van der Waals surface area contributed by atoms with Crippen molar-refractivity contribution in [2.75, 3.05) is 12.4 Å². The van der Waals surface area contributed by atoms with Gasteiger partial charge in [0.1, 0.15) is 0 Å². The number of hydrogen-bond acceptors (Lipinski definition) is 2. The second-order valence-electron chi connectivity index (χ2n) is 5.85. The van der Waals surface area contributed by atoms with Crippen LogP contribution in [0.2, 0.25) is 5.02 Å². The first-order valence-electron chi connectivity index (χ1n) is 7.06. The summed E-state index contributed by atoms with van der Waals surface area (Å²) in [6, 6.07) is 4.20. The van der Waals surface area contributed by atoms with Crippen LogP contribution in [0, 0.1) is 17.8 Å². The van der Waals surface area contributed by atoms with Gasteiger partial charge >= 0.3 is 0 Å². The van der Waals surface area contributed by atoms with E-state index in [4.69, 9.17) is 16.3 Å². The zero-order chi connectivity index (χ0) is 14.3. The Bertz CT molecular complexity index is 546. The Morgan fingerprint density at radius 3 is 2.75 bits per heavy atom. The molecule has 2 bridgehead atoms. The predicted octanol–water partition coefficient (Wildman–Crippen LogP) is 5.12. The van der Waals surface area contributed by atoms with E-state index in [0.717, 1.165) is 27.7 Å². The van der Waals surface area contributed by atoms with E-state index in [0.29, 0.717) is 17.0 Å². The molecule has 1 aromatic carbocycles. The molecule has 2 aliphatic carbocycles. The molecule has 0 heterocycles. The minimum absolute atomic E-state index is 0.411. The number of rotatable bonds is 4. The summed E-state index contributed by atoms with van der Waals surface area (Å²) in [6.07, 6.45) is 7.39. The van der Waals surface area contributed by atoms with Crippen LogP contribution in [-0.2, 0) is 0 Å². The summed E-state index contributed by atoms with van der Waals surface area (Å²) < 4.78 is 6.36. The minimum Gasteiger partial charge on any atom is -0.493 e. The van der Waals surface area contributed by atoms with Gasteiger partial charge in [-0.3, -0.25) is 0 Å². The van der Waals surface area contributed by atoms with Crippen molar-refractivity contribution in [3.8, 4) is 5.75 Å². The quantitative estimate of drug-likeness (QED) is 0.756. The molecule has 1 N–H and O–H groups in total. The number of allylic oxidation sites excluding steroid dienone is 2. The Kier molecular flexibility index (Phi) is 4.00. The van der Waals surface area contributed by atoms with Crippen LogP contribution in [0.3, 0.4) is 0 Å². The SMILES string of the molecule is COc1c(Br)cc(Cl)cc1NC(C)C1CC2C=CC1C2. The fourth-order valence-corrected chi connectivity index (χ4v) is 4.60. The van der Waals surface area contributed by atoms with Gasteiger partial charge in [0.15, 0.2) is 5.75 Å². The predicted molar refractivity (Wildman–Crippen MR) is 87.6 cm³/mol. The third-order valence-corrected chi connectivity index (χ3v) is 5.38. The lowest BCUT2D eigenvalue weighted by Gasteiger charge is -2.28. The van der Waals surface area contributed by atoms with Crippen molar-refractivity contribution in [1.82, 2.24) is 0 Å². The van der Waals surface area contributed by atoms with Gasteiger partial charge in [0.25, 0.3) is 0 Å². The maximum atomic E-state index is 6.15. The fraction of sp³-hybridized carbons (Fsp3) is 0.500. The average molecular weight is 357 g/mol. The van der Waals surface area contributed by atoms with Crippen LogP contribution >= 0.6 is 27.5 Å². The van der Waals surface area contributed by atoms with Crippen molar-refractivity contribution in [2.45, 2.75) is 25.8 Å². The number of halogens is 2. The molecule has 0 aliphatic heterocycles. The second kappa shape index (κ2) is 5.61. The van der Waals surface area contributed by atoms with E-state index < -0.39 is 0 Å². The van der Waals surface area contributed by atoms with Crippen molar-refractivity contribution in [1.29, 1.82) is 0 Å². The number of fused-ring (bicyclic) bond motifs is 2. The molecular weight excluding hydrogens is 338 g/mol. The van der Waals surface area contributed by atoms with Crippen LogP contribution < -0.4 is 10.1 Å². The average Bonchev–Trinajstić information content (AvgIpc) is 3.00. The van der Waals surface area contributed by atoms with E-state index in [1.54, 1.807) is 7.11 Å². The monoisotopic (exact) mass is 355 g/mol. The van der Waals surface area contributed by atoms with Gasteiger partial charge in [-0.25, -0.2) is 0 Å². The first kappa shape index (κ1) is 14.3. The number of anilines is 1. The van der Waals surface area contributed by atoms with Crippen LogP contribution in [0.15, 0.2) is 28.8 Å². The molecule has 1 fully saturated rings. The largest absolute Gasteiger partial charge is 0.493 e. The highest BCUT2D eigenvalue weighted by atomic mass is 79.9. The van der Waals surface area contributed by atoms with Crippen LogP contribution in [0.25, 0.3) is 0 Å². The van der Waals surface area contributed by atoms with Crippen molar-refractivity contribution in [3.05, 3.63) is 33.8 Å². The summed E-state index contributed by atoms with van der Waals surface area (Å²) in [6.45, 7) is 2.26. The molecule has 4 heteroatoms. The Labute approximate surface area is 133 Å². The zero-order valence-corrected chi connectivity index (χ0v) is 14.0. The molecule has 3 rings (SSSR count). The molecule has 20 heavy (non-hydrogen) atoms. The molecule has 0 saturated heterocycles. The number of methoxy groups -OCH3 is 1. The van der Waals surface area contributed by atoms with Crippen molar-refractivity contribution in [2.24, 2.45) is 17.8 Å². The number of ether oxygens (including phenoxy) is 1. The Hall–Kier alpha value is -0.670. The summed E-state index contributed by atoms with van der Waals surface area (Å²) in [4.78, 5) is 0. The molecular formula is C16H19BrClNO.